The molecule has 3 aromatic rings. The van der Waals surface area contributed by atoms with Gasteiger partial charge in [-0.3, -0.25) is 4.79 Å². The summed E-state index contributed by atoms with van der Waals surface area (Å²) in [5.41, 5.74) is 2.07. The SMILES string of the molecule is Cc1ccc(SC(=O)c2ccc(C#Cc3ccccc3)o2)cc1. The van der Waals surface area contributed by atoms with Gasteiger partial charge in [0.2, 0.25) is 0 Å². The van der Waals surface area contributed by atoms with Crippen molar-refractivity contribution in [3.8, 4) is 11.8 Å². The van der Waals surface area contributed by atoms with E-state index in [4.69, 9.17) is 4.42 Å². The highest BCUT2D eigenvalue weighted by atomic mass is 32.2. The Labute approximate surface area is 139 Å². The Balaban J connectivity index is 1.70. The van der Waals surface area contributed by atoms with Gasteiger partial charge in [0.05, 0.1) is 0 Å². The summed E-state index contributed by atoms with van der Waals surface area (Å²) in [7, 11) is 0. The number of aryl methyl sites for hydroxylation is 1. The van der Waals surface area contributed by atoms with E-state index in [0.717, 1.165) is 22.2 Å². The van der Waals surface area contributed by atoms with Crippen molar-refractivity contribution in [2.45, 2.75) is 11.8 Å². The third-order valence-electron chi connectivity index (χ3n) is 3.14. The Hall–Kier alpha value is -2.70. The molecule has 112 valence electrons. The minimum absolute atomic E-state index is 0.124. The molecular weight excluding hydrogens is 304 g/mol. The van der Waals surface area contributed by atoms with E-state index in [1.54, 1.807) is 12.1 Å². The number of furan rings is 1. The quantitative estimate of drug-likeness (QED) is 0.496. The lowest BCUT2D eigenvalue weighted by molar-refractivity contribution is 0.106. The first-order valence-electron chi connectivity index (χ1n) is 7.16. The molecule has 0 aliphatic carbocycles. The second kappa shape index (κ2) is 7.04. The molecule has 0 amide bonds. The van der Waals surface area contributed by atoms with E-state index in [9.17, 15) is 4.79 Å². The van der Waals surface area contributed by atoms with Crippen LogP contribution in [0.5, 0.6) is 0 Å². The molecular formula is C20H14O2S. The van der Waals surface area contributed by atoms with Crippen LogP contribution in [0.15, 0.2) is 76.0 Å². The van der Waals surface area contributed by atoms with Crippen molar-refractivity contribution in [2.75, 3.05) is 0 Å². The molecule has 0 saturated heterocycles. The Kier molecular flexibility index (Phi) is 4.65. The van der Waals surface area contributed by atoms with Gasteiger partial charge in [-0.2, -0.15) is 0 Å². The van der Waals surface area contributed by atoms with Gasteiger partial charge in [0.25, 0.3) is 5.12 Å². The third-order valence-corrected chi connectivity index (χ3v) is 4.04. The van der Waals surface area contributed by atoms with Crippen molar-refractivity contribution < 1.29 is 9.21 Å². The summed E-state index contributed by atoms with van der Waals surface area (Å²) >= 11 is 1.15. The van der Waals surface area contributed by atoms with Crippen LogP contribution in [0.25, 0.3) is 0 Å². The fourth-order valence-electron chi connectivity index (χ4n) is 1.93. The van der Waals surface area contributed by atoms with E-state index < -0.39 is 0 Å². The molecule has 0 saturated carbocycles. The summed E-state index contributed by atoms with van der Waals surface area (Å²) in [5.74, 6) is 6.74. The standard InChI is InChI=1S/C20H14O2S/c1-15-7-12-18(13-8-15)23-20(21)19-14-11-17(22-19)10-9-16-5-3-2-4-6-16/h2-8,11-14H,1H3. The van der Waals surface area contributed by atoms with Crippen molar-refractivity contribution in [3.63, 3.8) is 0 Å². The average molecular weight is 318 g/mol. The third kappa shape index (κ3) is 4.15. The monoisotopic (exact) mass is 318 g/mol. The summed E-state index contributed by atoms with van der Waals surface area (Å²) in [4.78, 5) is 13.1. The predicted octanol–water partition coefficient (Wildman–Crippen LogP) is 4.92. The predicted molar refractivity (Wildman–Crippen MR) is 92.5 cm³/mol. The van der Waals surface area contributed by atoms with Gasteiger partial charge >= 0.3 is 0 Å². The maximum atomic E-state index is 12.2. The van der Waals surface area contributed by atoms with Crippen LogP contribution in [0.4, 0.5) is 0 Å². The van der Waals surface area contributed by atoms with Crippen LogP contribution in [0.1, 0.15) is 27.4 Å². The van der Waals surface area contributed by atoms with Gasteiger partial charge < -0.3 is 4.42 Å². The maximum Gasteiger partial charge on any atom is 0.259 e. The van der Waals surface area contributed by atoms with E-state index in [0.29, 0.717) is 11.5 Å². The number of thioether (sulfide) groups is 1. The maximum absolute atomic E-state index is 12.2. The van der Waals surface area contributed by atoms with Gasteiger partial charge in [-0.05, 0) is 61.0 Å². The van der Waals surface area contributed by atoms with Gasteiger partial charge in [-0.1, -0.05) is 41.8 Å². The number of hydrogen-bond donors (Lipinski definition) is 0. The number of hydrogen-bond acceptors (Lipinski definition) is 3. The first-order chi connectivity index (χ1) is 11.2. The number of benzene rings is 2. The van der Waals surface area contributed by atoms with Gasteiger partial charge in [0.15, 0.2) is 11.5 Å². The topological polar surface area (TPSA) is 30.2 Å². The first-order valence-corrected chi connectivity index (χ1v) is 7.98. The lowest BCUT2D eigenvalue weighted by Crippen LogP contribution is -1.89. The zero-order valence-electron chi connectivity index (χ0n) is 12.6. The van der Waals surface area contributed by atoms with Crippen molar-refractivity contribution in [1.29, 1.82) is 0 Å². The molecule has 0 unspecified atom stereocenters. The normalized spacial score (nSPS) is 9.96. The molecule has 0 radical (unpaired) electrons. The summed E-state index contributed by atoms with van der Waals surface area (Å²) in [6, 6.07) is 20.9. The number of carbonyl (C=O) groups excluding carboxylic acids is 1. The van der Waals surface area contributed by atoms with Crippen LogP contribution in [-0.2, 0) is 0 Å². The van der Waals surface area contributed by atoms with Crippen molar-refractivity contribution in [1.82, 2.24) is 0 Å². The molecule has 0 atom stereocenters. The smallest absolute Gasteiger partial charge is 0.259 e. The van der Waals surface area contributed by atoms with Crippen LogP contribution in [0.3, 0.4) is 0 Å². The molecule has 0 aliphatic heterocycles. The first kappa shape index (κ1) is 15.2. The fraction of sp³-hybridized carbons (Fsp3) is 0.0500. The molecule has 1 heterocycles. The number of carbonyl (C=O) groups is 1. The Morgan fingerprint density at radius 2 is 1.65 bits per heavy atom. The molecule has 3 rings (SSSR count). The van der Waals surface area contributed by atoms with Crippen molar-refractivity contribution in [2.24, 2.45) is 0 Å². The average Bonchev–Trinajstić information content (AvgIpc) is 3.05. The Bertz CT molecular complexity index is 865. The highest BCUT2D eigenvalue weighted by Gasteiger charge is 2.12. The fourth-order valence-corrected chi connectivity index (χ4v) is 2.63. The van der Waals surface area contributed by atoms with E-state index in [1.807, 2.05) is 61.5 Å². The summed E-state index contributed by atoms with van der Waals surface area (Å²) < 4.78 is 5.52. The lowest BCUT2D eigenvalue weighted by atomic mass is 10.2. The van der Waals surface area contributed by atoms with Gasteiger partial charge in [0, 0.05) is 10.5 Å². The van der Waals surface area contributed by atoms with Gasteiger partial charge in [-0.25, -0.2) is 0 Å². The summed E-state index contributed by atoms with van der Waals surface area (Å²) in [5, 5.41) is -0.124. The van der Waals surface area contributed by atoms with Crippen LogP contribution < -0.4 is 0 Å². The van der Waals surface area contributed by atoms with Crippen LogP contribution >= 0.6 is 11.8 Å². The minimum Gasteiger partial charge on any atom is -0.444 e. The van der Waals surface area contributed by atoms with Crippen LogP contribution in [0.2, 0.25) is 0 Å². The summed E-state index contributed by atoms with van der Waals surface area (Å²) in [6.45, 7) is 2.01. The molecule has 23 heavy (non-hydrogen) atoms. The zero-order chi connectivity index (χ0) is 16.1. The molecule has 0 bridgehead atoms. The van der Waals surface area contributed by atoms with E-state index in [2.05, 4.69) is 11.8 Å². The summed E-state index contributed by atoms with van der Waals surface area (Å²) in [6.07, 6.45) is 0. The Morgan fingerprint density at radius 3 is 2.39 bits per heavy atom. The van der Waals surface area contributed by atoms with Crippen molar-refractivity contribution >= 4 is 16.9 Å². The second-order valence-corrected chi connectivity index (χ2v) is 6.03. The number of rotatable bonds is 2. The molecule has 0 fully saturated rings. The van der Waals surface area contributed by atoms with E-state index >= 15 is 0 Å². The van der Waals surface area contributed by atoms with Crippen molar-refractivity contribution in [3.05, 3.63) is 89.4 Å². The van der Waals surface area contributed by atoms with Gasteiger partial charge in [-0.15, -0.1) is 0 Å². The van der Waals surface area contributed by atoms with Crippen LogP contribution in [-0.4, -0.2) is 5.12 Å². The highest BCUT2D eigenvalue weighted by molar-refractivity contribution is 8.14. The van der Waals surface area contributed by atoms with E-state index in [-0.39, 0.29) is 5.12 Å². The molecule has 3 heteroatoms. The molecule has 0 aliphatic rings. The van der Waals surface area contributed by atoms with Gasteiger partial charge in [0.1, 0.15) is 0 Å². The molecule has 2 aromatic carbocycles. The van der Waals surface area contributed by atoms with E-state index in [1.165, 1.54) is 5.56 Å². The van der Waals surface area contributed by atoms with Crippen LogP contribution in [0, 0.1) is 18.8 Å². The minimum atomic E-state index is -0.124. The highest BCUT2D eigenvalue weighted by Crippen LogP contribution is 2.24. The Morgan fingerprint density at radius 1 is 0.913 bits per heavy atom. The molecule has 1 aromatic heterocycles. The second-order valence-electron chi connectivity index (χ2n) is 4.98. The zero-order valence-corrected chi connectivity index (χ0v) is 13.4. The molecule has 0 N–H and O–H groups in total. The molecule has 0 spiro atoms. The molecule has 2 nitrogen and oxygen atoms in total. The largest absolute Gasteiger partial charge is 0.444 e. The lowest BCUT2D eigenvalue weighted by Gasteiger charge is -1.98.